The molecule has 0 atom stereocenters. The van der Waals surface area contributed by atoms with Gasteiger partial charge in [0, 0.05) is 12.8 Å². The lowest BCUT2D eigenvalue weighted by Gasteiger charge is -2.07. The van der Waals surface area contributed by atoms with Crippen molar-refractivity contribution in [2.75, 3.05) is 5.73 Å². The van der Waals surface area contributed by atoms with Crippen molar-refractivity contribution in [1.29, 1.82) is 0 Å². The molecule has 5 nitrogen and oxygen atoms in total. The van der Waals surface area contributed by atoms with Crippen molar-refractivity contribution in [2.45, 2.75) is 33.6 Å². The highest BCUT2D eigenvalue weighted by Crippen LogP contribution is 2.29. The molecule has 2 aromatic heterocycles. The van der Waals surface area contributed by atoms with Gasteiger partial charge in [-0.15, -0.1) is 11.3 Å². The summed E-state index contributed by atoms with van der Waals surface area (Å²) in [6, 6.07) is 3.98. The number of anilines is 1. The predicted molar refractivity (Wildman–Crippen MR) is 82.4 cm³/mol. The minimum absolute atomic E-state index is 0.711. The first-order valence-electron chi connectivity index (χ1n) is 6.74. The normalized spacial score (nSPS) is 11.3. The maximum Gasteiger partial charge on any atom is 0.151 e. The van der Waals surface area contributed by atoms with Gasteiger partial charge in [0.2, 0.25) is 0 Å². The largest absolute Gasteiger partial charge is 0.397 e. The monoisotopic (exact) mass is 287 g/mol. The van der Waals surface area contributed by atoms with Gasteiger partial charge in [0.1, 0.15) is 5.82 Å². The molecule has 2 N–H and O–H groups in total. The third-order valence-electron chi connectivity index (χ3n) is 3.22. The summed E-state index contributed by atoms with van der Waals surface area (Å²) in [7, 11) is 0. The number of aromatic nitrogens is 4. The molecule has 0 fully saturated rings. The highest BCUT2D eigenvalue weighted by molar-refractivity contribution is 7.18. The minimum Gasteiger partial charge on any atom is -0.397 e. The van der Waals surface area contributed by atoms with Crippen LogP contribution in [0.5, 0.6) is 0 Å². The number of benzene rings is 1. The van der Waals surface area contributed by atoms with E-state index in [2.05, 4.69) is 28.9 Å². The molecule has 0 aliphatic carbocycles. The number of hydrogen-bond donors (Lipinski definition) is 1. The lowest BCUT2D eigenvalue weighted by atomic mass is 10.2. The summed E-state index contributed by atoms with van der Waals surface area (Å²) in [6.07, 6.45) is 1.64. The molecule has 0 saturated heterocycles. The summed E-state index contributed by atoms with van der Waals surface area (Å²) in [5.74, 6) is 1.77. The highest BCUT2D eigenvalue weighted by atomic mass is 32.1. The molecule has 0 unspecified atom stereocenters. The number of rotatable bonds is 3. The van der Waals surface area contributed by atoms with Crippen LogP contribution >= 0.6 is 11.3 Å². The van der Waals surface area contributed by atoms with Crippen LogP contribution in [0.2, 0.25) is 0 Å². The molecular formula is C14H17N5S. The van der Waals surface area contributed by atoms with E-state index in [9.17, 15) is 0 Å². The van der Waals surface area contributed by atoms with Gasteiger partial charge in [-0.25, -0.2) is 14.6 Å². The van der Waals surface area contributed by atoms with Crippen LogP contribution in [0.4, 0.5) is 5.69 Å². The molecule has 104 valence electrons. The van der Waals surface area contributed by atoms with Crippen molar-refractivity contribution in [3.63, 3.8) is 0 Å². The molecule has 0 aliphatic heterocycles. The second-order valence-corrected chi connectivity index (χ2v) is 5.91. The van der Waals surface area contributed by atoms with Crippen LogP contribution in [0.25, 0.3) is 15.9 Å². The number of thiazole rings is 1. The fraction of sp³-hybridized carbons (Fsp3) is 0.357. The van der Waals surface area contributed by atoms with Crippen molar-refractivity contribution in [2.24, 2.45) is 0 Å². The van der Waals surface area contributed by atoms with Crippen LogP contribution in [-0.2, 0) is 12.8 Å². The summed E-state index contributed by atoms with van der Waals surface area (Å²) in [4.78, 5) is 9.05. The van der Waals surface area contributed by atoms with Crippen LogP contribution < -0.4 is 5.73 Å². The first-order valence-corrected chi connectivity index (χ1v) is 7.55. The Morgan fingerprint density at radius 1 is 1.20 bits per heavy atom. The zero-order valence-electron chi connectivity index (χ0n) is 11.8. The molecule has 2 heterocycles. The summed E-state index contributed by atoms with van der Waals surface area (Å²) < 4.78 is 2.96. The standard InChI is InChI=1S/C14H17N5S/c1-4-13-17-14(5-2)19(18-13)11-7-10-12(6-9(11)15)20-8(3)16-10/h6-7H,4-5,15H2,1-3H3. The molecule has 0 spiro atoms. The smallest absolute Gasteiger partial charge is 0.151 e. The van der Waals surface area contributed by atoms with E-state index in [-0.39, 0.29) is 0 Å². The minimum atomic E-state index is 0.711. The number of fused-ring (bicyclic) bond motifs is 1. The Balaban J connectivity index is 2.22. The third-order valence-corrected chi connectivity index (χ3v) is 4.16. The Morgan fingerprint density at radius 2 is 2.00 bits per heavy atom. The van der Waals surface area contributed by atoms with Crippen LogP contribution in [0.1, 0.15) is 30.5 Å². The molecule has 0 saturated carbocycles. The van der Waals surface area contributed by atoms with E-state index < -0.39 is 0 Å². The summed E-state index contributed by atoms with van der Waals surface area (Å²) in [6.45, 7) is 6.12. The zero-order chi connectivity index (χ0) is 14.3. The molecule has 3 aromatic rings. The number of aryl methyl sites for hydroxylation is 3. The summed E-state index contributed by atoms with van der Waals surface area (Å²) >= 11 is 1.65. The topological polar surface area (TPSA) is 69.6 Å². The van der Waals surface area contributed by atoms with E-state index in [0.717, 1.165) is 45.4 Å². The van der Waals surface area contributed by atoms with E-state index >= 15 is 0 Å². The number of nitrogens with two attached hydrogens (primary N) is 1. The lowest BCUT2D eigenvalue weighted by Crippen LogP contribution is -2.05. The van der Waals surface area contributed by atoms with E-state index in [0.29, 0.717) is 5.69 Å². The van der Waals surface area contributed by atoms with Gasteiger partial charge in [-0.3, -0.25) is 0 Å². The van der Waals surface area contributed by atoms with E-state index in [1.54, 1.807) is 11.3 Å². The van der Waals surface area contributed by atoms with Gasteiger partial charge in [0.15, 0.2) is 5.82 Å². The number of nitrogens with zero attached hydrogens (tertiary/aromatic N) is 4. The first-order chi connectivity index (χ1) is 9.62. The van der Waals surface area contributed by atoms with Crippen LogP contribution in [-0.4, -0.2) is 19.7 Å². The van der Waals surface area contributed by atoms with Crippen molar-refractivity contribution in [3.8, 4) is 5.69 Å². The molecule has 0 amide bonds. The Hall–Kier alpha value is -1.95. The molecule has 6 heteroatoms. The van der Waals surface area contributed by atoms with E-state index in [1.807, 2.05) is 23.7 Å². The van der Waals surface area contributed by atoms with Gasteiger partial charge in [0.05, 0.1) is 26.6 Å². The third kappa shape index (κ3) is 2.06. The molecule has 0 radical (unpaired) electrons. The number of hydrogen-bond acceptors (Lipinski definition) is 5. The Morgan fingerprint density at radius 3 is 2.70 bits per heavy atom. The molecule has 3 rings (SSSR count). The molecule has 0 bridgehead atoms. The van der Waals surface area contributed by atoms with E-state index in [4.69, 9.17) is 5.73 Å². The quantitative estimate of drug-likeness (QED) is 0.752. The van der Waals surface area contributed by atoms with Crippen LogP contribution in [0.15, 0.2) is 12.1 Å². The maximum absolute atomic E-state index is 6.19. The Labute approximate surface area is 121 Å². The van der Waals surface area contributed by atoms with E-state index in [1.165, 1.54) is 0 Å². The zero-order valence-corrected chi connectivity index (χ0v) is 12.7. The van der Waals surface area contributed by atoms with Crippen molar-refractivity contribution in [1.82, 2.24) is 19.7 Å². The van der Waals surface area contributed by atoms with Crippen molar-refractivity contribution in [3.05, 3.63) is 28.8 Å². The van der Waals surface area contributed by atoms with Crippen LogP contribution in [0, 0.1) is 6.92 Å². The Kier molecular flexibility index (Phi) is 3.17. The number of nitrogen functional groups attached to an aromatic ring is 1. The second-order valence-electron chi connectivity index (χ2n) is 4.67. The highest BCUT2D eigenvalue weighted by Gasteiger charge is 2.13. The fourth-order valence-corrected chi connectivity index (χ4v) is 3.10. The lowest BCUT2D eigenvalue weighted by molar-refractivity contribution is 0.793. The molecular weight excluding hydrogens is 270 g/mol. The van der Waals surface area contributed by atoms with Gasteiger partial charge in [-0.05, 0) is 19.1 Å². The van der Waals surface area contributed by atoms with Gasteiger partial charge in [0.25, 0.3) is 0 Å². The van der Waals surface area contributed by atoms with Crippen molar-refractivity contribution < 1.29 is 0 Å². The van der Waals surface area contributed by atoms with Gasteiger partial charge in [-0.1, -0.05) is 13.8 Å². The first kappa shape index (κ1) is 13.1. The average molecular weight is 287 g/mol. The predicted octanol–water partition coefficient (Wildman–Crippen LogP) is 2.89. The SMILES string of the molecule is CCc1nc(CC)n(-c2cc3nc(C)sc3cc2N)n1. The molecule has 0 aliphatic rings. The second kappa shape index (κ2) is 4.86. The van der Waals surface area contributed by atoms with Gasteiger partial charge in [-0.2, -0.15) is 5.10 Å². The maximum atomic E-state index is 6.19. The summed E-state index contributed by atoms with van der Waals surface area (Å²) in [5.41, 5.74) is 8.74. The molecule has 1 aromatic carbocycles. The van der Waals surface area contributed by atoms with Gasteiger partial charge >= 0.3 is 0 Å². The van der Waals surface area contributed by atoms with Crippen molar-refractivity contribution >= 4 is 27.2 Å². The summed E-state index contributed by atoms with van der Waals surface area (Å²) in [5, 5.41) is 5.59. The molecule has 20 heavy (non-hydrogen) atoms. The fourth-order valence-electron chi connectivity index (χ4n) is 2.24. The van der Waals surface area contributed by atoms with Gasteiger partial charge < -0.3 is 5.73 Å². The average Bonchev–Trinajstić information content (AvgIpc) is 2.99. The Bertz CT molecular complexity index is 771. The van der Waals surface area contributed by atoms with Crippen LogP contribution in [0.3, 0.4) is 0 Å².